The summed E-state index contributed by atoms with van der Waals surface area (Å²) < 4.78 is 0. The number of thiazole rings is 1. The van der Waals surface area contributed by atoms with Crippen LogP contribution in [0.25, 0.3) is 10.4 Å². The first-order valence-electron chi connectivity index (χ1n) is 3.97. The van der Waals surface area contributed by atoms with Crippen molar-refractivity contribution in [3.05, 3.63) is 35.5 Å². The Labute approximate surface area is 86.9 Å². The van der Waals surface area contributed by atoms with Crippen LogP contribution in [-0.4, -0.2) is 4.98 Å². The third-order valence-corrected chi connectivity index (χ3v) is 3.03. The molecule has 66 valence electrons. The minimum atomic E-state index is 0.991. The normalized spacial score (nSPS) is 10.3. The Hall–Kier alpha value is -0.800. The molecule has 0 bridgehead atoms. The lowest BCUT2D eigenvalue weighted by molar-refractivity contribution is 1.30. The Kier molecular flexibility index (Phi) is 2.38. The van der Waals surface area contributed by atoms with Gasteiger partial charge in [0.05, 0.1) is 9.88 Å². The number of benzene rings is 1. The fourth-order valence-corrected chi connectivity index (χ4v) is 2.05. The van der Waals surface area contributed by atoms with Gasteiger partial charge in [0.15, 0.2) is 0 Å². The minimum Gasteiger partial charge on any atom is -0.249 e. The molecule has 0 spiro atoms. The van der Waals surface area contributed by atoms with Crippen LogP contribution in [0.15, 0.2) is 35.4 Å². The van der Waals surface area contributed by atoms with E-state index in [0.29, 0.717) is 0 Å². The van der Waals surface area contributed by atoms with Crippen molar-refractivity contribution in [3.8, 4) is 10.4 Å². The van der Waals surface area contributed by atoms with Crippen LogP contribution in [-0.2, 0) is 0 Å². The second-order valence-electron chi connectivity index (χ2n) is 2.79. The van der Waals surface area contributed by atoms with Crippen LogP contribution in [0.3, 0.4) is 0 Å². The molecule has 0 atom stereocenters. The lowest BCUT2D eigenvalue weighted by atomic mass is 10.2. The van der Waals surface area contributed by atoms with Gasteiger partial charge in [0, 0.05) is 11.1 Å². The summed E-state index contributed by atoms with van der Waals surface area (Å²) >= 11 is 5.95. The van der Waals surface area contributed by atoms with Crippen molar-refractivity contribution in [3.63, 3.8) is 0 Å². The molecule has 0 N–H and O–H groups in total. The molecule has 0 aliphatic carbocycles. The minimum absolute atomic E-state index is 0.991. The van der Waals surface area contributed by atoms with Crippen LogP contribution in [0.4, 0.5) is 0 Å². The second-order valence-corrected chi connectivity index (χ2v) is 4.54. The van der Waals surface area contributed by atoms with Gasteiger partial charge in [-0.3, -0.25) is 0 Å². The first kappa shape index (κ1) is 8.78. The number of hydrogen-bond acceptors (Lipinski definition) is 3. The lowest BCUT2D eigenvalue weighted by Gasteiger charge is -1.95. The van der Waals surface area contributed by atoms with Gasteiger partial charge in [0.1, 0.15) is 0 Å². The van der Waals surface area contributed by atoms with E-state index in [0.717, 1.165) is 9.90 Å². The summed E-state index contributed by atoms with van der Waals surface area (Å²) in [7, 11) is 0. The van der Waals surface area contributed by atoms with E-state index in [4.69, 9.17) is 0 Å². The standard InChI is InChI=1S/C10H9NS2/c1-7-11-6-10(13-7)8-2-4-9(12)5-3-8/h2-6,12H,1H3. The van der Waals surface area contributed by atoms with Gasteiger partial charge in [-0.2, -0.15) is 0 Å². The van der Waals surface area contributed by atoms with Crippen LogP contribution in [0.5, 0.6) is 0 Å². The molecule has 0 aliphatic heterocycles. The maximum absolute atomic E-state index is 4.24. The zero-order chi connectivity index (χ0) is 9.26. The van der Waals surface area contributed by atoms with Crippen molar-refractivity contribution in [2.45, 2.75) is 11.8 Å². The van der Waals surface area contributed by atoms with Crippen LogP contribution in [0.1, 0.15) is 5.01 Å². The molecule has 1 heterocycles. The molecule has 0 saturated carbocycles. The molecule has 0 aliphatic rings. The smallest absolute Gasteiger partial charge is 0.0900 e. The largest absolute Gasteiger partial charge is 0.249 e. The highest BCUT2D eigenvalue weighted by Gasteiger charge is 2.00. The quantitative estimate of drug-likeness (QED) is 0.707. The third-order valence-electron chi connectivity index (χ3n) is 1.77. The predicted molar refractivity (Wildman–Crippen MR) is 59.5 cm³/mol. The fraction of sp³-hybridized carbons (Fsp3) is 0.100. The van der Waals surface area contributed by atoms with Gasteiger partial charge in [-0.05, 0) is 24.6 Å². The summed E-state index contributed by atoms with van der Waals surface area (Å²) in [4.78, 5) is 6.42. The number of aromatic nitrogens is 1. The van der Waals surface area contributed by atoms with E-state index in [-0.39, 0.29) is 0 Å². The highest BCUT2D eigenvalue weighted by atomic mass is 32.1. The van der Waals surface area contributed by atoms with Crippen molar-refractivity contribution >= 4 is 24.0 Å². The van der Waals surface area contributed by atoms with Gasteiger partial charge < -0.3 is 0 Å². The van der Waals surface area contributed by atoms with E-state index in [2.05, 4.69) is 29.7 Å². The van der Waals surface area contributed by atoms with Crippen molar-refractivity contribution in [2.24, 2.45) is 0 Å². The number of thiol groups is 1. The van der Waals surface area contributed by atoms with E-state index in [1.54, 1.807) is 11.3 Å². The van der Waals surface area contributed by atoms with Gasteiger partial charge in [0.2, 0.25) is 0 Å². The monoisotopic (exact) mass is 207 g/mol. The zero-order valence-electron chi connectivity index (χ0n) is 7.19. The van der Waals surface area contributed by atoms with Crippen molar-refractivity contribution < 1.29 is 0 Å². The Morgan fingerprint density at radius 2 is 1.92 bits per heavy atom. The SMILES string of the molecule is Cc1ncc(-c2ccc(S)cc2)s1. The summed E-state index contributed by atoms with van der Waals surface area (Å²) in [5, 5.41) is 1.10. The Morgan fingerprint density at radius 3 is 2.46 bits per heavy atom. The molecule has 0 amide bonds. The van der Waals surface area contributed by atoms with E-state index in [1.165, 1.54) is 10.4 Å². The average Bonchev–Trinajstić information content (AvgIpc) is 2.53. The van der Waals surface area contributed by atoms with Crippen molar-refractivity contribution in [1.29, 1.82) is 0 Å². The van der Waals surface area contributed by atoms with Gasteiger partial charge in [-0.1, -0.05) is 12.1 Å². The molecule has 2 aromatic rings. The Balaban J connectivity index is 2.41. The molecule has 13 heavy (non-hydrogen) atoms. The molecule has 0 radical (unpaired) electrons. The summed E-state index contributed by atoms with van der Waals surface area (Å²) in [6, 6.07) is 8.12. The van der Waals surface area contributed by atoms with Crippen LogP contribution in [0, 0.1) is 6.92 Å². The number of rotatable bonds is 1. The average molecular weight is 207 g/mol. The van der Waals surface area contributed by atoms with Crippen LogP contribution < -0.4 is 0 Å². The number of hydrogen-bond donors (Lipinski definition) is 1. The summed E-state index contributed by atoms with van der Waals surface area (Å²) in [5.41, 5.74) is 1.21. The van der Waals surface area contributed by atoms with E-state index in [1.807, 2.05) is 25.3 Å². The number of nitrogens with zero attached hydrogens (tertiary/aromatic N) is 1. The summed E-state index contributed by atoms with van der Waals surface area (Å²) in [5.74, 6) is 0. The summed E-state index contributed by atoms with van der Waals surface area (Å²) in [6.45, 7) is 2.02. The molecule has 0 saturated heterocycles. The van der Waals surface area contributed by atoms with E-state index < -0.39 is 0 Å². The molecular formula is C10H9NS2. The first-order valence-corrected chi connectivity index (χ1v) is 5.24. The Bertz CT molecular complexity index is 403. The molecule has 0 unspecified atom stereocenters. The van der Waals surface area contributed by atoms with Crippen LogP contribution in [0.2, 0.25) is 0 Å². The second kappa shape index (κ2) is 3.52. The first-order chi connectivity index (χ1) is 6.25. The molecule has 2 rings (SSSR count). The summed E-state index contributed by atoms with van der Waals surface area (Å²) in [6.07, 6.45) is 1.91. The van der Waals surface area contributed by atoms with Gasteiger partial charge >= 0.3 is 0 Å². The fourth-order valence-electron chi connectivity index (χ4n) is 1.12. The van der Waals surface area contributed by atoms with Crippen LogP contribution >= 0.6 is 24.0 Å². The maximum Gasteiger partial charge on any atom is 0.0900 e. The molecule has 1 aromatic heterocycles. The van der Waals surface area contributed by atoms with Gasteiger partial charge in [-0.15, -0.1) is 24.0 Å². The highest BCUT2D eigenvalue weighted by molar-refractivity contribution is 7.80. The predicted octanol–water partition coefficient (Wildman–Crippen LogP) is 3.41. The van der Waals surface area contributed by atoms with Crippen molar-refractivity contribution in [2.75, 3.05) is 0 Å². The molecule has 1 nitrogen and oxygen atoms in total. The highest BCUT2D eigenvalue weighted by Crippen LogP contribution is 2.26. The topological polar surface area (TPSA) is 12.9 Å². The molecule has 0 fully saturated rings. The molecular weight excluding hydrogens is 198 g/mol. The van der Waals surface area contributed by atoms with Gasteiger partial charge in [0.25, 0.3) is 0 Å². The molecule has 3 heteroatoms. The zero-order valence-corrected chi connectivity index (χ0v) is 8.90. The molecule has 1 aromatic carbocycles. The Morgan fingerprint density at radius 1 is 1.23 bits per heavy atom. The van der Waals surface area contributed by atoms with Crippen molar-refractivity contribution in [1.82, 2.24) is 4.98 Å². The van der Waals surface area contributed by atoms with E-state index >= 15 is 0 Å². The van der Waals surface area contributed by atoms with E-state index in [9.17, 15) is 0 Å². The third kappa shape index (κ3) is 1.92. The maximum atomic E-state index is 4.24. The number of aryl methyl sites for hydroxylation is 1. The lowest BCUT2D eigenvalue weighted by Crippen LogP contribution is -1.70. The van der Waals surface area contributed by atoms with Gasteiger partial charge in [-0.25, -0.2) is 4.98 Å².